The number of nitriles is 1. The van der Waals surface area contributed by atoms with E-state index in [4.69, 9.17) is 5.26 Å². The van der Waals surface area contributed by atoms with Crippen molar-refractivity contribution in [2.75, 3.05) is 0 Å². The highest BCUT2D eigenvalue weighted by Crippen LogP contribution is 2.25. The lowest BCUT2D eigenvalue weighted by molar-refractivity contribution is 0.949. The van der Waals surface area contributed by atoms with Crippen LogP contribution in [-0.2, 0) is 19.3 Å². The number of fused-ring (bicyclic) bond motifs is 2. The average molecular weight is 299 g/mol. The van der Waals surface area contributed by atoms with Gasteiger partial charge in [0, 0.05) is 22.8 Å². The van der Waals surface area contributed by atoms with Crippen LogP contribution >= 0.6 is 15.9 Å². The van der Waals surface area contributed by atoms with E-state index in [-0.39, 0.29) is 0 Å². The zero-order valence-electron chi connectivity index (χ0n) is 9.78. The van der Waals surface area contributed by atoms with Crippen molar-refractivity contribution in [3.05, 3.63) is 62.9 Å². The lowest BCUT2D eigenvalue weighted by Crippen LogP contribution is -1.96. The Hall–Kier alpha value is -1.66. The fourth-order valence-corrected chi connectivity index (χ4v) is 2.81. The smallest absolute Gasteiger partial charge is 0.0991 e. The summed E-state index contributed by atoms with van der Waals surface area (Å²) in [6.07, 6.45) is 4.69. The van der Waals surface area contributed by atoms with Crippen molar-refractivity contribution < 1.29 is 0 Å². The SMILES string of the molecule is N#Cc1ccc2c(c1)CCc1cc(Br)cnc1C2. The molecule has 2 aromatic rings. The molecule has 1 aliphatic carbocycles. The minimum atomic E-state index is 0.744. The third kappa shape index (κ3) is 2.04. The molecule has 0 saturated heterocycles. The average Bonchev–Trinajstić information content (AvgIpc) is 2.57. The monoisotopic (exact) mass is 298 g/mol. The maximum Gasteiger partial charge on any atom is 0.0991 e. The first-order valence-electron chi connectivity index (χ1n) is 5.91. The molecule has 0 unspecified atom stereocenters. The third-order valence-electron chi connectivity index (χ3n) is 3.38. The van der Waals surface area contributed by atoms with Crippen LogP contribution in [0.3, 0.4) is 0 Å². The number of halogens is 1. The van der Waals surface area contributed by atoms with E-state index in [9.17, 15) is 0 Å². The largest absolute Gasteiger partial charge is 0.259 e. The van der Waals surface area contributed by atoms with E-state index in [0.29, 0.717) is 0 Å². The lowest BCUT2D eigenvalue weighted by Gasteiger charge is -2.05. The predicted molar refractivity (Wildman–Crippen MR) is 73.3 cm³/mol. The van der Waals surface area contributed by atoms with Crippen LogP contribution in [0.1, 0.15) is 27.9 Å². The van der Waals surface area contributed by atoms with Crippen molar-refractivity contribution in [3.8, 4) is 6.07 Å². The summed E-state index contributed by atoms with van der Waals surface area (Å²) in [6, 6.07) is 10.3. The number of hydrogen-bond acceptors (Lipinski definition) is 2. The fourth-order valence-electron chi connectivity index (χ4n) is 2.44. The van der Waals surface area contributed by atoms with Gasteiger partial charge in [0.25, 0.3) is 0 Å². The van der Waals surface area contributed by atoms with Gasteiger partial charge >= 0.3 is 0 Å². The molecule has 0 spiro atoms. The summed E-state index contributed by atoms with van der Waals surface area (Å²) in [5, 5.41) is 8.95. The molecule has 0 N–H and O–H groups in total. The quantitative estimate of drug-likeness (QED) is 0.747. The van der Waals surface area contributed by atoms with Gasteiger partial charge in [-0.3, -0.25) is 4.98 Å². The van der Waals surface area contributed by atoms with Gasteiger partial charge in [0.1, 0.15) is 0 Å². The minimum Gasteiger partial charge on any atom is -0.259 e. The normalized spacial score (nSPS) is 13.1. The van der Waals surface area contributed by atoms with Crippen LogP contribution in [0.5, 0.6) is 0 Å². The second-order valence-electron chi connectivity index (χ2n) is 4.53. The van der Waals surface area contributed by atoms with Crippen LogP contribution in [0.15, 0.2) is 34.9 Å². The summed E-state index contributed by atoms with van der Waals surface area (Å²) in [5.74, 6) is 0. The van der Waals surface area contributed by atoms with E-state index in [1.807, 2.05) is 18.3 Å². The van der Waals surface area contributed by atoms with Gasteiger partial charge in [0.05, 0.1) is 11.6 Å². The molecule has 88 valence electrons. The summed E-state index contributed by atoms with van der Waals surface area (Å²) >= 11 is 3.47. The Kier molecular flexibility index (Phi) is 2.89. The van der Waals surface area contributed by atoms with Gasteiger partial charge in [-0.15, -0.1) is 0 Å². The number of aryl methyl sites for hydroxylation is 2. The molecule has 1 heterocycles. The van der Waals surface area contributed by atoms with Crippen LogP contribution in [0.2, 0.25) is 0 Å². The third-order valence-corrected chi connectivity index (χ3v) is 3.82. The number of nitrogens with zero attached hydrogens (tertiary/aromatic N) is 2. The zero-order valence-corrected chi connectivity index (χ0v) is 11.4. The fraction of sp³-hybridized carbons (Fsp3) is 0.200. The van der Waals surface area contributed by atoms with E-state index in [2.05, 4.69) is 39.1 Å². The number of pyridine rings is 1. The van der Waals surface area contributed by atoms with Gasteiger partial charge in [-0.05, 0) is 63.7 Å². The van der Waals surface area contributed by atoms with Gasteiger partial charge in [-0.1, -0.05) is 6.07 Å². The van der Waals surface area contributed by atoms with E-state index >= 15 is 0 Å². The predicted octanol–water partition coefficient (Wildman–Crippen LogP) is 3.41. The molecular formula is C15H11BrN2. The molecular weight excluding hydrogens is 288 g/mol. The number of rotatable bonds is 0. The van der Waals surface area contributed by atoms with Crippen molar-refractivity contribution in [1.29, 1.82) is 5.26 Å². The Morgan fingerprint density at radius 3 is 2.78 bits per heavy atom. The molecule has 0 saturated carbocycles. The standard InChI is InChI=1S/C15H11BrN2/c16-14-6-13-4-3-11-5-10(8-17)1-2-12(11)7-15(13)18-9-14/h1-2,5-6,9H,3-4,7H2. The first-order valence-corrected chi connectivity index (χ1v) is 6.71. The summed E-state index contributed by atoms with van der Waals surface area (Å²) in [7, 11) is 0. The Bertz CT molecular complexity index is 656. The summed E-state index contributed by atoms with van der Waals surface area (Å²) in [6.45, 7) is 0. The molecule has 0 amide bonds. The van der Waals surface area contributed by atoms with Gasteiger partial charge in [-0.2, -0.15) is 5.26 Å². The highest BCUT2D eigenvalue weighted by atomic mass is 79.9. The number of benzene rings is 1. The van der Waals surface area contributed by atoms with Crippen molar-refractivity contribution in [2.45, 2.75) is 19.3 Å². The zero-order chi connectivity index (χ0) is 12.5. The van der Waals surface area contributed by atoms with Crippen molar-refractivity contribution >= 4 is 15.9 Å². The maximum atomic E-state index is 8.95. The highest BCUT2D eigenvalue weighted by Gasteiger charge is 2.14. The summed E-state index contributed by atoms with van der Waals surface area (Å²) in [5.41, 5.74) is 5.78. The second kappa shape index (κ2) is 4.55. The van der Waals surface area contributed by atoms with E-state index in [0.717, 1.165) is 35.0 Å². The molecule has 1 aromatic heterocycles. The first-order chi connectivity index (χ1) is 8.76. The van der Waals surface area contributed by atoms with Crippen molar-refractivity contribution in [2.24, 2.45) is 0 Å². The molecule has 0 radical (unpaired) electrons. The Morgan fingerprint density at radius 1 is 1.11 bits per heavy atom. The molecule has 0 aliphatic heterocycles. The van der Waals surface area contributed by atoms with Gasteiger partial charge in [-0.25, -0.2) is 0 Å². The molecule has 0 fully saturated rings. The Balaban J connectivity index is 2.06. The molecule has 3 heteroatoms. The second-order valence-corrected chi connectivity index (χ2v) is 5.45. The van der Waals surface area contributed by atoms with Gasteiger partial charge < -0.3 is 0 Å². The maximum absolute atomic E-state index is 8.95. The molecule has 1 aliphatic rings. The minimum absolute atomic E-state index is 0.744. The Morgan fingerprint density at radius 2 is 1.94 bits per heavy atom. The molecule has 3 rings (SSSR count). The summed E-state index contributed by atoms with van der Waals surface area (Å²) in [4.78, 5) is 4.51. The van der Waals surface area contributed by atoms with Crippen molar-refractivity contribution in [1.82, 2.24) is 4.98 Å². The van der Waals surface area contributed by atoms with Crippen LogP contribution in [-0.4, -0.2) is 4.98 Å². The summed E-state index contributed by atoms with van der Waals surface area (Å²) < 4.78 is 1.03. The van der Waals surface area contributed by atoms with Crippen molar-refractivity contribution in [3.63, 3.8) is 0 Å². The molecule has 2 nitrogen and oxygen atoms in total. The van der Waals surface area contributed by atoms with Crippen LogP contribution in [0.4, 0.5) is 0 Å². The van der Waals surface area contributed by atoms with E-state index in [1.165, 1.54) is 16.7 Å². The lowest BCUT2D eigenvalue weighted by atomic mass is 10.0. The topological polar surface area (TPSA) is 36.7 Å². The molecule has 0 atom stereocenters. The first kappa shape index (κ1) is 11.4. The number of hydrogen-bond donors (Lipinski definition) is 0. The van der Waals surface area contributed by atoms with Crippen LogP contribution in [0.25, 0.3) is 0 Å². The van der Waals surface area contributed by atoms with Crippen LogP contribution in [0, 0.1) is 11.3 Å². The molecule has 0 bridgehead atoms. The van der Waals surface area contributed by atoms with Gasteiger partial charge in [0.2, 0.25) is 0 Å². The van der Waals surface area contributed by atoms with Gasteiger partial charge in [0.15, 0.2) is 0 Å². The molecule has 1 aromatic carbocycles. The van der Waals surface area contributed by atoms with Crippen LogP contribution < -0.4 is 0 Å². The van der Waals surface area contributed by atoms with E-state index in [1.54, 1.807) is 0 Å². The Labute approximate surface area is 114 Å². The number of aromatic nitrogens is 1. The van der Waals surface area contributed by atoms with E-state index < -0.39 is 0 Å². The highest BCUT2D eigenvalue weighted by molar-refractivity contribution is 9.10. The molecule has 18 heavy (non-hydrogen) atoms.